The Morgan fingerprint density at radius 2 is 2.04 bits per heavy atom. The Kier molecular flexibility index (Phi) is 5.70. The zero-order valence-corrected chi connectivity index (χ0v) is 14.4. The average Bonchev–Trinajstić information content (AvgIpc) is 2.95. The van der Waals surface area contributed by atoms with Crippen LogP contribution in [0.3, 0.4) is 0 Å². The quantitative estimate of drug-likeness (QED) is 0.746. The Morgan fingerprint density at radius 1 is 1.29 bits per heavy atom. The zero-order valence-electron chi connectivity index (χ0n) is 14.4. The Hall–Kier alpha value is -2.24. The molecule has 3 N–H and O–H groups in total. The summed E-state index contributed by atoms with van der Waals surface area (Å²) in [4.78, 5) is 23.3. The number of fused-ring (bicyclic) bond motifs is 1. The smallest absolute Gasteiger partial charge is 0.407 e. The van der Waals surface area contributed by atoms with Gasteiger partial charge in [0.15, 0.2) is 0 Å². The van der Waals surface area contributed by atoms with Crippen molar-refractivity contribution in [2.75, 3.05) is 6.61 Å². The molecule has 0 radical (unpaired) electrons. The summed E-state index contributed by atoms with van der Waals surface area (Å²) in [6.07, 6.45) is 2.31. The molecule has 132 valence electrons. The molecule has 0 saturated heterocycles. The van der Waals surface area contributed by atoms with Crippen LogP contribution in [-0.4, -0.2) is 28.8 Å². The maximum atomic E-state index is 11.1. The summed E-state index contributed by atoms with van der Waals surface area (Å²) in [5.74, 6) is 0. The highest BCUT2D eigenvalue weighted by Crippen LogP contribution is 2.28. The Balaban J connectivity index is 1.83. The Bertz CT molecular complexity index is 613. The summed E-state index contributed by atoms with van der Waals surface area (Å²) in [5.41, 5.74) is 8.44. The lowest BCUT2D eigenvalue weighted by atomic mass is 9.87. The van der Waals surface area contributed by atoms with E-state index in [0.717, 1.165) is 36.8 Å². The number of primary amides is 1. The molecule has 2 rings (SSSR count). The SMILES string of the molecule is CC(C)(CCCCc1cccc2c1CN(C(=O)O)C2)COC(N)=O. The van der Waals surface area contributed by atoms with E-state index in [1.807, 2.05) is 12.1 Å². The van der Waals surface area contributed by atoms with Crippen LogP contribution < -0.4 is 5.73 Å². The number of hydrogen-bond acceptors (Lipinski definition) is 3. The summed E-state index contributed by atoms with van der Waals surface area (Å²) in [6, 6.07) is 6.10. The van der Waals surface area contributed by atoms with Gasteiger partial charge in [-0.25, -0.2) is 9.59 Å². The molecule has 0 spiro atoms. The van der Waals surface area contributed by atoms with Crippen LogP contribution in [0.1, 0.15) is 49.8 Å². The normalized spacial score (nSPS) is 13.7. The van der Waals surface area contributed by atoms with Crippen molar-refractivity contribution in [1.29, 1.82) is 0 Å². The molecule has 0 unspecified atom stereocenters. The number of unbranched alkanes of at least 4 members (excludes halogenated alkanes) is 1. The predicted octanol–water partition coefficient (Wildman–Crippen LogP) is 3.51. The van der Waals surface area contributed by atoms with Crippen LogP contribution >= 0.6 is 0 Å². The van der Waals surface area contributed by atoms with E-state index in [9.17, 15) is 9.59 Å². The van der Waals surface area contributed by atoms with Gasteiger partial charge in [0.05, 0.1) is 6.61 Å². The molecular formula is C18H26N2O4. The van der Waals surface area contributed by atoms with Crippen molar-refractivity contribution in [2.24, 2.45) is 11.1 Å². The summed E-state index contributed by atoms with van der Waals surface area (Å²) in [5, 5.41) is 9.15. The van der Waals surface area contributed by atoms with Crippen LogP contribution in [0.2, 0.25) is 0 Å². The first-order valence-corrected chi connectivity index (χ1v) is 8.28. The van der Waals surface area contributed by atoms with Gasteiger partial charge < -0.3 is 15.6 Å². The Morgan fingerprint density at radius 3 is 2.71 bits per heavy atom. The number of ether oxygens (including phenoxy) is 1. The summed E-state index contributed by atoms with van der Waals surface area (Å²) in [6.45, 7) is 5.41. The first-order valence-electron chi connectivity index (χ1n) is 8.28. The van der Waals surface area contributed by atoms with Gasteiger partial charge in [0.2, 0.25) is 0 Å². The molecule has 6 heteroatoms. The van der Waals surface area contributed by atoms with E-state index in [2.05, 4.69) is 19.9 Å². The molecule has 0 bridgehead atoms. The van der Waals surface area contributed by atoms with Gasteiger partial charge in [0.25, 0.3) is 0 Å². The van der Waals surface area contributed by atoms with Crippen LogP contribution in [0, 0.1) is 5.41 Å². The van der Waals surface area contributed by atoms with Crippen molar-refractivity contribution < 1.29 is 19.4 Å². The van der Waals surface area contributed by atoms with Gasteiger partial charge in [0.1, 0.15) is 0 Å². The molecule has 0 aromatic heterocycles. The first kappa shape index (κ1) is 18.1. The van der Waals surface area contributed by atoms with Crippen LogP contribution in [0.15, 0.2) is 18.2 Å². The van der Waals surface area contributed by atoms with Crippen LogP contribution in [0.5, 0.6) is 0 Å². The van der Waals surface area contributed by atoms with Crippen LogP contribution in [-0.2, 0) is 24.2 Å². The van der Waals surface area contributed by atoms with E-state index >= 15 is 0 Å². The van der Waals surface area contributed by atoms with Crippen molar-refractivity contribution in [2.45, 2.75) is 52.6 Å². The lowest BCUT2D eigenvalue weighted by Crippen LogP contribution is -2.24. The number of carboxylic acid groups (broad SMARTS) is 1. The molecule has 2 amide bonds. The minimum absolute atomic E-state index is 0.0895. The van der Waals surface area contributed by atoms with E-state index in [1.165, 1.54) is 10.5 Å². The molecule has 0 atom stereocenters. The second kappa shape index (κ2) is 7.55. The highest BCUT2D eigenvalue weighted by molar-refractivity contribution is 5.66. The summed E-state index contributed by atoms with van der Waals surface area (Å²) >= 11 is 0. The fraction of sp³-hybridized carbons (Fsp3) is 0.556. The number of carbonyl (C=O) groups excluding carboxylic acids is 1. The van der Waals surface area contributed by atoms with E-state index in [1.54, 1.807) is 0 Å². The zero-order chi connectivity index (χ0) is 17.7. The molecule has 1 aliphatic heterocycles. The van der Waals surface area contributed by atoms with Crippen LogP contribution in [0.25, 0.3) is 0 Å². The maximum Gasteiger partial charge on any atom is 0.407 e. The molecule has 0 aliphatic carbocycles. The minimum atomic E-state index is -0.867. The predicted molar refractivity (Wildman–Crippen MR) is 90.6 cm³/mol. The molecule has 0 fully saturated rings. The van der Waals surface area contributed by atoms with Crippen molar-refractivity contribution >= 4 is 12.2 Å². The van der Waals surface area contributed by atoms with Crippen LogP contribution in [0.4, 0.5) is 9.59 Å². The van der Waals surface area contributed by atoms with E-state index in [4.69, 9.17) is 15.6 Å². The van der Waals surface area contributed by atoms with Crippen molar-refractivity contribution in [3.05, 3.63) is 34.9 Å². The van der Waals surface area contributed by atoms with Gasteiger partial charge in [-0.1, -0.05) is 38.5 Å². The minimum Gasteiger partial charge on any atom is -0.465 e. The molecule has 0 saturated carbocycles. The number of rotatable bonds is 7. The average molecular weight is 334 g/mol. The first-order chi connectivity index (χ1) is 11.3. The highest BCUT2D eigenvalue weighted by Gasteiger charge is 2.24. The lowest BCUT2D eigenvalue weighted by Gasteiger charge is -2.23. The number of amides is 2. The molecule has 1 aromatic carbocycles. The van der Waals surface area contributed by atoms with Gasteiger partial charge in [-0.05, 0) is 41.4 Å². The second-order valence-corrected chi connectivity index (χ2v) is 7.17. The van der Waals surface area contributed by atoms with Gasteiger partial charge in [0, 0.05) is 13.1 Å². The standard InChI is InChI=1S/C18H26N2O4/c1-18(2,12-24-16(19)21)9-4-3-6-13-7-5-8-14-10-20(17(22)23)11-15(13)14/h5,7-8H,3-4,6,9-12H2,1-2H3,(H2,19,21)(H,22,23). The highest BCUT2D eigenvalue weighted by atomic mass is 16.5. The van der Waals surface area contributed by atoms with Crippen molar-refractivity contribution in [1.82, 2.24) is 4.90 Å². The topological polar surface area (TPSA) is 92.9 Å². The second-order valence-electron chi connectivity index (χ2n) is 7.17. The van der Waals surface area contributed by atoms with Gasteiger partial charge in [-0.3, -0.25) is 4.90 Å². The fourth-order valence-corrected chi connectivity index (χ4v) is 3.12. The third kappa shape index (κ3) is 4.88. The third-order valence-corrected chi connectivity index (χ3v) is 4.51. The van der Waals surface area contributed by atoms with Gasteiger partial charge >= 0.3 is 12.2 Å². The number of hydrogen-bond donors (Lipinski definition) is 2. The molecule has 1 aliphatic rings. The number of nitrogens with two attached hydrogens (primary N) is 1. The van der Waals surface area contributed by atoms with E-state index in [0.29, 0.717) is 19.7 Å². The Labute approximate surface area is 142 Å². The number of benzene rings is 1. The van der Waals surface area contributed by atoms with Crippen molar-refractivity contribution in [3.8, 4) is 0 Å². The summed E-state index contributed by atoms with van der Waals surface area (Å²) in [7, 11) is 0. The van der Waals surface area contributed by atoms with Gasteiger partial charge in [-0.15, -0.1) is 0 Å². The largest absolute Gasteiger partial charge is 0.465 e. The monoisotopic (exact) mass is 334 g/mol. The molecule has 24 heavy (non-hydrogen) atoms. The van der Waals surface area contributed by atoms with E-state index < -0.39 is 12.2 Å². The number of aryl methyl sites for hydroxylation is 1. The van der Waals surface area contributed by atoms with E-state index in [-0.39, 0.29) is 5.41 Å². The molecule has 1 aromatic rings. The number of carbonyl (C=O) groups is 2. The summed E-state index contributed by atoms with van der Waals surface area (Å²) < 4.78 is 4.89. The van der Waals surface area contributed by atoms with Gasteiger partial charge in [-0.2, -0.15) is 0 Å². The lowest BCUT2D eigenvalue weighted by molar-refractivity contribution is 0.100. The third-order valence-electron chi connectivity index (χ3n) is 4.51. The molecule has 1 heterocycles. The van der Waals surface area contributed by atoms with Crippen molar-refractivity contribution in [3.63, 3.8) is 0 Å². The molecule has 6 nitrogen and oxygen atoms in total. The fourth-order valence-electron chi connectivity index (χ4n) is 3.12. The number of nitrogens with zero attached hydrogens (tertiary/aromatic N) is 1. The molecular weight excluding hydrogens is 308 g/mol. The maximum absolute atomic E-state index is 11.1.